The number of nitrogens with zero attached hydrogens (tertiary/aromatic N) is 1. The molecule has 1 aromatic heterocycles. The number of sulfonamides is 1. The van der Waals surface area contributed by atoms with E-state index in [1.54, 1.807) is 18.2 Å². The number of halogens is 5. The highest BCUT2D eigenvalue weighted by molar-refractivity contribution is 9.11. The van der Waals surface area contributed by atoms with Crippen molar-refractivity contribution in [1.82, 2.24) is 4.98 Å². The lowest BCUT2D eigenvalue weighted by molar-refractivity contribution is -0.0429. The molecule has 0 saturated heterocycles. The first-order valence-corrected chi connectivity index (χ1v) is 11.8. The summed E-state index contributed by atoms with van der Waals surface area (Å²) in [6.45, 7) is 0.435. The number of nitrogens with one attached hydrogen (secondary N) is 1. The van der Waals surface area contributed by atoms with Gasteiger partial charge in [-0.15, -0.1) is 11.3 Å². The fourth-order valence-corrected chi connectivity index (χ4v) is 4.52. The second kappa shape index (κ2) is 9.63. The first kappa shape index (κ1) is 23.6. The van der Waals surface area contributed by atoms with E-state index in [1.165, 1.54) is 46.4 Å². The normalized spacial score (nSPS) is 12.2. The van der Waals surface area contributed by atoms with Crippen molar-refractivity contribution in [3.8, 4) is 10.6 Å². The van der Waals surface area contributed by atoms with Crippen molar-refractivity contribution in [1.29, 1.82) is 0 Å². The van der Waals surface area contributed by atoms with Gasteiger partial charge in [0, 0.05) is 11.3 Å². The number of anilines is 1. The summed E-state index contributed by atoms with van der Waals surface area (Å²) in [7, 11) is -5.47. The van der Waals surface area contributed by atoms with Crippen LogP contribution in [0.4, 0.5) is 23.2 Å². The number of hydrogen-bond donors (Lipinski definition) is 1. The number of rotatable bonds is 8. The molecule has 12 heteroatoms. The van der Waals surface area contributed by atoms with Crippen LogP contribution in [0.2, 0.25) is 0 Å². The van der Waals surface area contributed by atoms with Crippen molar-refractivity contribution in [2.75, 3.05) is 11.3 Å². The Morgan fingerprint density at radius 3 is 2.52 bits per heavy atom. The highest BCUT2D eigenvalue weighted by atomic mass is 79.9. The zero-order chi connectivity index (χ0) is 22.6. The highest BCUT2D eigenvalue weighted by Crippen LogP contribution is 2.32. The summed E-state index contributed by atoms with van der Waals surface area (Å²) >= 11 is 4.81. The molecule has 0 radical (unpaired) electrons. The Bertz CT molecular complexity index is 1150. The molecule has 0 aliphatic heterocycles. The molecule has 0 unspecified atom stereocenters. The molecule has 0 aliphatic carbocycles. The van der Waals surface area contributed by atoms with Gasteiger partial charge in [-0.3, -0.25) is 4.72 Å². The Hall–Kier alpha value is -2.02. The van der Waals surface area contributed by atoms with Gasteiger partial charge in [-0.1, -0.05) is 12.1 Å². The third-order valence-corrected chi connectivity index (χ3v) is 6.99. The first-order valence-electron chi connectivity index (χ1n) is 8.72. The first-order chi connectivity index (χ1) is 14.5. The fourth-order valence-electron chi connectivity index (χ4n) is 2.50. The number of hydrogen-bond acceptors (Lipinski definition) is 5. The van der Waals surface area contributed by atoms with E-state index in [0.29, 0.717) is 22.7 Å². The van der Waals surface area contributed by atoms with Crippen LogP contribution >= 0.6 is 27.3 Å². The average molecular weight is 539 g/mol. The Labute approximate surface area is 188 Å². The smallest absolute Gasteiger partial charge is 0.375 e. The van der Waals surface area contributed by atoms with E-state index in [9.17, 15) is 26.0 Å². The van der Waals surface area contributed by atoms with Gasteiger partial charge in [-0.2, -0.15) is 21.6 Å². The predicted octanol–water partition coefficient (Wildman–Crippen LogP) is 5.73. The Morgan fingerprint density at radius 1 is 1.13 bits per heavy atom. The molecule has 1 N–H and O–H groups in total. The molecule has 3 aromatic rings. The summed E-state index contributed by atoms with van der Waals surface area (Å²) in [6.07, 6.45) is 0.355. The van der Waals surface area contributed by atoms with E-state index in [2.05, 4.69) is 20.9 Å². The fraction of sp³-hybridized carbons (Fsp3) is 0.211. The predicted molar refractivity (Wildman–Crippen MR) is 114 cm³/mol. The second-order valence-corrected chi connectivity index (χ2v) is 10.3. The van der Waals surface area contributed by atoms with Gasteiger partial charge in [0.05, 0.1) is 22.7 Å². The van der Waals surface area contributed by atoms with Crippen LogP contribution in [0.15, 0.2) is 52.3 Å². The van der Waals surface area contributed by atoms with E-state index in [-0.39, 0.29) is 24.7 Å². The molecule has 5 nitrogen and oxygen atoms in total. The van der Waals surface area contributed by atoms with Gasteiger partial charge in [0.15, 0.2) is 0 Å². The van der Waals surface area contributed by atoms with Gasteiger partial charge in [0.25, 0.3) is 0 Å². The number of benzene rings is 2. The topological polar surface area (TPSA) is 68.3 Å². The van der Waals surface area contributed by atoms with Crippen LogP contribution in [0.1, 0.15) is 11.3 Å². The van der Waals surface area contributed by atoms with Crippen molar-refractivity contribution in [2.45, 2.75) is 18.5 Å². The molecule has 0 amide bonds. The van der Waals surface area contributed by atoms with Crippen LogP contribution in [-0.4, -0.2) is 25.5 Å². The molecule has 0 spiro atoms. The van der Waals surface area contributed by atoms with E-state index in [0.717, 1.165) is 9.35 Å². The van der Waals surface area contributed by atoms with Crippen LogP contribution in [0.3, 0.4) is 0 Å². The minimum Gasteiger partial charge on any atom is -0.375 e. The molecule has 1 heterocycles. The Kier molecular flexibility index (Phi) is 7.35. The van der Waals surface area contributed by atoms with E-state index < -0.39 is 15.5 Å². The molecule has 0 aliphatic rings. The Morgan fingerprint density at radius 2 is 1.84 bits per heavy atom. The van der Waals surface area contributed by atoms with Crippen molar-refractivity contribution in [3.05, 3.63) is 69.4 Å². The lowest BCUT2D eigenvalue weighted by atomic mass is 10.1. The van der Waals surface area contributed by atoms with E-state index in [1.807, 2.05) is 0 Å². The van der Waals surface area contributed by atoms with Crippen LogP contribution in [0.5, 0.6) is 0 Å². The lowest BCUT2D eigenvalue weighted by Gasteiger charge is -2.11. The van der Waals surface area contributed by atoms with E-state index in [4.69, 9.17) is 4.74 Å². The molecular weight excluding hydrogens is 524 g/mol. The molecule has 166 valence electrons. The third-order valence-electron chi connectivity index (χ3n) is 4.00. The van der Waals surface area contributed by atoms with Gasteiger partial charge in [-0.05, 0) is 64.3 Å². The number of thiazole rings is 1. The molecule has 3 rings (SSSR count). The third kappa shape index (κ3) is 6.25. The highest BCUT2D eigenvalue weighted by Gasteiger charge is 2.46. The Balaban J connectivity index is 1.55. The van der Waals surface area contributed by atoms with Gasteiger partial charge in [0.1, 0.15) is 10.8 Å². The molecule has 0 atom stereocenters. The molecule has 0 bridgehead atoms. The molecule has 31 heavy (non-hydrogen) atoms. The van der Waals surface area contributed by atoms with Gasteiger partial charge in [-0.25, -0.2) is 9.37 Å². The summed E-state index contributed by atoms with van der Waals surface area (Å²) in [4.78, 5) is 4.47. The van der Waals surface area contributed by atoms with Crippen molar-refractivity contribution in [3.63, 3.8) is 0 Å². The van der Waals surface area contributed by atoms with Crippen molar-refractivity contribution < 1.29 is 30.7 Å². The SMILES string of the molecule is O=S(=O)(Nc1cccc(CCOCc2nc(-c3ccc(F)cc3)sc2Br)c1)C(F)(F)F. The summed E-state index contributed by atoms with van der Waals surface area (Å²) in [5.41, 5.74) is -3.53. The minimum atomic E-state index is -5.47. The summed E-state index contributed by atoms with van der Waals surface area (Å²) < 4.78 is 80.9. The second-order valence-electron chi connectivity index (χ2n) is 6.30. The van der Waals surface area contributed by atoms with Crippen molar-refractivity contribution >= 4 is 43.0 Å². The summed E-state index contributed by atoms with van der Waals surface area (Å²) in [5.74, 6) is -0.335. The zero-order valence-corrected chi connectivity index (χ0v) is 18.8. The van der Waals surface area contributed by atoms with E-state index >= 15 is 0 Å². The maximum absolute atomic E-state index is 13.1. The maximum Gasteiger partial charge on any atom is 0.516 e. The number of alkyl halides is 3. The van der Waals surface area contributed by atoms with Crippen LogP contribution in [-0.2, 0) is 27.8 Å². The molecule has 0 fully saturated rings. The molecule has 0 saturated carbocycles. The van der Waals surface area contributed by atoms with Gasteiger partial charge in [0.2, 0.25) is 0 Å². The van der Waals surface area contributed by atoms with Gasteiger partial charge >= 0.3 is 15.5 Å². The summed E-state index contributed by atoms with van der Waals surface area (Å²) in [5, 5.41) is 0.704. The average Bonchev–Trinajstić information content (AvgIpc) is 3.05. The monoisotopic (exact) mass is 538 g/mol. The molecular formula is C19H15BrF4N2O3S2. The molecule has 2 aromatic carbocycles. The largest absolute Gasteiger partial charge is 0.516 e. The lowest BCUT2D eigenvalue weighted by Crippen LogP contribution is -2.29. The minimum absolute atomic E-state index is 0.180. The van der Waals surface area contributed by atoms with Crippen LogP contribution in [0, 0.1) is 5.82 Å². The van der Waals surface area contributed by atoms with Crippen LogP contribution < -0.4 is 4.72 Å². The zero-order valence-electron chi connectivity index (χ0n) is 15.6. The number of aromatic nitrogens is 1. The quantitative estimate of drug-likeness (QED) is 0.293. The number of ether oxygens (including phenoxy) is 1. The maximum atomic E-state index is 13.1. The van der Waals surface area contributed by atoms with Crippen LogP contribution in [0.25, 0.3) is 10.6 Å². The van der Waals surface area contributed by atoms with Crippen molar-refractivity contribution in [2.24, 2.45) is 0 Å². The summed E-state index contributed by atoms with van der Waals surface area (Å²) in [6, 6.07) is 11.6. The standard InChI is InChI=1S/C19H15BrF4N2O3S2/c20-17-16(25-18(30-17)13-4-6-14(21)7-5-13)11-29-9-8-12-2-1-3-15(10-12)26-31(27,28)19(22,23)24/h1-7,10,26H,8-9,11H2. The van der Waals surface area contributed by atoms with Gasteiger partial charge < -0.3 is 4.74 Å².